The van der Waals surface area contributed by atoms with Crippen LogP contribution in [0.2, 0.25) is 0 Å². The van der Waals surface area contributed by atoms with Crippen molar-refractivity contribution in [2.45, 2.75) is 38.2 Å². The van der Waals surface area contributed by atoms with Gasteiger partial charge in [0.2, 0.25) is 0 Å². The summed E-state index contributed by atoms with van der Waals surface area (Å²) in [7, 11) is 0. The predicted molar refractivity (Wildman–Crippen MR) is 112 cm³/mol. The summed E-state index contributed by atoms with van der Waals surface area (Å²) in [5.41, 5.74) is 4.27. The minimum absolute atomic E-state index is 0.00476. The lowest BCUT2D eigenvalue weighted by molar-refractivity contribution is -0.139. The van der Waals surface area contributed by atoms with Crippen LogP contribution in [0.4, 0.5) is 0 Å². The zero-order valence-electron chi connectivity index (χ0n) is 15.8. The minimum atomic E-state index is -0.860. The Kier molecular flexibility index (Phi) is 7.39. The number of thiophene rings is 1. The molecule has 0 saturated carbocycles. The lowest BCUT2D eigenvalue weighted by atomic mass is 9.97. The van der Waals surface area contributed by atoms with Crippen LogP contribution in [0.25, 0.3) is 11.1 Å². The van der Waals surface area contributed by atoms with Gasteiger partial charge in [-0.1, -0.05) is 35.9 Å². The van der Waals surface area contributed by atoms with Gasteiger partial charge in [0.15, 0.2) is 0 Å². The molecule has 2 aromatic rings. The van der Waals surface area contributed by atoms with Crippen molar-refractivity contribution >= 4 is 23.2 Å². The normalized spacial score (nSPS) is 14.8. The monoisotopic (exact) mass is 398 g/mol. The molecular weight excluding hydrogens is 372 g/mol. The Morgan fingerprint density at radius 3 is 2.50 bits per heavy atom. The first-order chi connectivity index (χ1) is 13.6. The summed E-state index contributed by atoms with van der Waals surface area (Å²) in [6.45, 7) is 0.458. The molecule has 1 atom stereocenters. The Morgan fingerprint density at radius 1 is 1.04 bits per heavy atom. The maximum Gasteiger partial charge on any atom is 0.309 e. The van der Waals surface area contributed by atoms with Crippen LogP contribution in [0.3, 0.4) is 0 Å². The zero-order chi connectivity index (χ0) is 19.8. The van der Waals surface area contributed by atoms with E-state index in [1.54, 1.807) is 11.3 Å². The highest BCUT2D eigenvalue weighted by atomic mass is 32.1. The van der Waals surface area contributed by atoms with Crippen molar-refractivity contribution in [1.82, 2.24) is 10.6 Å². The van der Waals surface area contributed by atoms with Crippen molar-refractivity contribution in [1.29, 1.82) is 0 Å². The number of carbonyl (C=O) groups excluding carboxylic acids is 2. The van der Waals surface area contributed by atoms with Gasteiger partial charge in [0.05, 0.1) is 6.10 Å². The number of aliphatic hydroxyl groups excluding tert-OH is 1. The second kappa shape index (κ2) is 10.2. The highest BCUT2D eigenvalue weighted by Gasteiger charge is 2.16. The SMILES string of the molecule is O=C(NCCC1=CCCCC1)C(=O)NC[C@@H](O)c1ccc(-c2ccsc2)cc1. The number of aliphatic hydroxyl groups is 1. The molecule has 0 fully saturated rings. The van der Waals surface area contributed by atoms with Crippen molar-refractivity contribution in [2.75, 3.05) is 13.1 Å². The van der Waals surface area contributed by atoms with E-state index in [1.807, 2.05) is 35.7 Å². The smallest absolute Gasteiger partial charge is 0.309 e. The van der Waals surface area contributed by atoms with Gasteiger partial charge in [-0.2, -0.15) is 11.3 Å². The maximum atomic E-state index is 11.9. The molecule has 0 unspecified atom stereocenters. The van der Waals surface area contributed by atoms with Crippen LogP contribution in [-0.4, -0.2) is 30.0 Å². The molecule has 1 aliphatic carbocycles. The van der Waals surface area contributed by atoms with Gasteiger partial charge >= 0.3 is 11.8 Å². The first-order valence-electron chi connectivity index (χ1n) is 9.68. The fourth-order valence-electron chi connectivity index (χ4n) is 3.26. The summed E-state index contributed by atoms with van der Waals surface area (Å²) in [6.07, 6.45) is 6.79. The Balaban J connectivity index is 1.40. The first kappa shape index (κ1) is 20.3. The van der Waals surface area contributed by atoms with Gasteiger partial charge in [-0.15, -0.1) is 0 Å². The molecule has 0 saturated heterocycles. The van der Waals surface area contributed by atoms with Crippen LogP contribution >= 0.6 is 11.3 Å². The molecule has 6 heteroatoms. The molecule has 0 bridgehead atoms. The Morgan fingerprint density at radius 2 is 1.82 bits per heavy atom. The van der Waals surface area contributed by atoms with E-state index in [0.29, 0.717) is 12.1 Å². The van der Waals surface area contributed by atoms with E-state index in [4.69, 9.17) is 0 Å². The summed E-state index contributed by atoms with van der Waals surface area (Å²) < 4.78 is 0. The van der Waals surface area contributed by atoms with Gasteiger partial charge in [0, 0.05) is 13.1 Å². The van der Waals surface area contributed by atoms with Gasteiger partial charge in [-0.05, 0) is 65.6 Å². The van der Waals surface area contributed by atoms with E-state index < -0.39 is 17.9 Å². The molecule has 1 aliphatic rings. The molecule has 3 rings (SSSR count). The van der Waals surface area contributed by atoms with Crippen LogP contribution in [-0.2, 0) is 9.59 Å². The van der Waals surface area contributed by atoms with Crippen LogP contribution in [0, 0.1) is 0 Å². The van der Waals surface area contributed by atoms with Crippen LogP contribution in [0.15, 0.2) is 52.7 Å². The highest BCUT2D eigenvalue weighted by molar-refractivity contribution is 7.08. The third-order valence-electron chi connectivity index (χ3n) is 4.93. The van der Waals surface area contributed by atoms with Crippen LogP contribution < -0.4 is 10.6 Å². The van der Waals surface area contributed by atoms with Crippen LogP contribution in [0.5, 0.6) is 0 Å². The molecule has 5 nitrogen and oxygen atoms in total. The highest BCUT2D eigenvalue weighted by Crippen LogP contribution is 2.24. The molecule has 1 aromatic carbocycles. The third kappa shape index (κ3) is 5.78. The summed E-state index contributed by atoms with van der Waals surface area (Å²) in [5.74, 6) is -1.37. The molecule has 0 radical (unpaired) electrons. The summed E-state index contributed by atoms with van der Waals surface area (Å²) in [5, 5.41) is 19.5. The van der Waals surface area contributed by atoms with Crippen LogP contribution in [0.1, 0.15) is 43.8 Å². The van der Waals surface area contributed by atoms with E-state index in [2.05, 4.69) is 22.1 Å². The van der Waals surface area contributed by atoms with Gasteiger partial charge < -0.3 is 15.7 Å². The molecule has 3 N–H and O–H groups in total. The van der Waals surface area contributed by atoms with E-state index in [9.17, 15) is 14.7 Å². The number of amides is 2. The third-order valence-corrected chi connectivity index (χ3v) is 5.61. The number of hydrogen-bond acceptors (Lipinski definition) is 4. The quantitative estimate of drug-likeness (QED) is 0.493. The topological polar surface area (TPSA) is 78.4 Å². The standard InChI is InChI=1S/C22H26N2O3S/c25-20(18-8-6-17(7-9-18)19-11-13-28-15-19)14-24-22(27)21(26)23-12-10-16-4-2-1-3-5-16/h4,6-9,11,13,15,20,25H,1-3,5,10,12,14H2,(H,23,26)(H,24,27)/t20-/m1/s1. The van der Waals surface area contributed by atoms with Crippen molar-refractivity contribution in [2.24, 2.45) is 0 Å². The minimum Gasteiger partial charge on any atom is -0.387 e. The largest absolute Gasteiger partial charge is 0.387 e. The van der Waals surface area contributed by atoms with E-state index in [1.165, 1.54) is 18.4 Å². The van der Waals surface area contributed by atoms with Crippen molar-refractivity contribution < 1.29 is 14.7 Å². The van der Waals surface area contributed by atoms with Crippen molar-refractivity contribution in [3.63, 3.8) is 0 Å². The van der Waals surface area contributed by atoms with Gasteiger partial charge in [-0.25, -0.2) is 0 Å². The molecule has 28 heavy (non-hydrogen) atoms. The fraction of sp³-hybridized carbons (Fsp3) is 0.364. The Bertz CT molecular complexity index is 813. The maximum absolute atomic E-state index is 11.9. The molecule has 0 aliphatic heterocycles. The fourth-order valence-corrected chi connectivity index (χ4v) is 3.93. The predicted octanol–water partition coefficient (Wildman–Crippen LogP) is 3.57. The Labute approximate surface area is 169 Å². The first-order valence-corrected chi connectivity index (χ1v) is 10.6. The zero-order valence-corrected chi connectivity index (χ0v) is 16.6. The summed E-state index contributed by atoms with van der Waals surface area (Å²) >= 11 is 1.63. The number of hydrogen-bond donors (Lipinski definition) is 3. The van der Waals surface area contributed by atoms with E-state index in [0.717, 1.165) is 30.4 Å². The number of nitrogens with one attached hydrogen (secondary N) is 2. The molecular formula is C22H26N2O3S. The van der Waals surface area contributed by atoms with E-state index in [-0.39, 0.29) is 6.54 Å². The molecule has 1 aromatic heterocycles. The second-order valence-electron chi connectivity index (χ2n) is 6.97. The van der Waals surface area contributed by atoms with Crippen molar-refractivity contribution in [3.8, 4) is 11.1 Å². The molecule has 2 amide bonds. The van der Waals surface area contributed by atoms with Gasteiger partial charge in [-0.3, -0.25) is 9.59 Å². The van der Waals surface area contributed by atoms with Gasteiger partial charge in [0.1, 0.15) is 0 Å². The molecule has 1 heterocycles. The molecule has 0 spiro atoms. The Hall–Kier alpha value is -2.44. The number of rotatable bonds is 7. The second-order valence-corrected chi connectivity index (χ2v) is 7.75. The average Bonchev–Trinajstić information content (AvgIpc) is 3.27. The number of allylic oxidation sites excluding steroid dienone is 1. The lowest BCUT2D eigenvalue weighted by Gasteiger charge is -2.14. The average molecular weight is 399 g/mol. The van der Waals surface area contributed by atoms with E-state index >= 15 is 0 Å². The van der Waals surface area contributed by atoms with Crippen molar-refractivity contribution in [3.05, 3.63) is 58.3 Å². The number of benzene rings is 1. The number of carbonyl (C=O) groups is 2. The summed E-state index contributed by atoms with van der Waals surface area (Å²) in [4.78, 5) is 23.8. The van der Waals surface area contributed by atoms with Gasteiger partial charge in [0.25, 0.3) is 0 Å². The molecule has 148 valence electrons. The summed E-state index contributed by atoms with van der Waals surface area (Å²) in [6, 6.07) is 9.59. The lowest BCUT2D eigenvalue weighted by Crippen LogP contribution is -2.41.